The van der Waals surface area contributed by atoms with Crippen molar-refractivity contribution in [3.63, 3.8) is 0 Å². The number of nitrogens with zero attached hydrogens (tertiary/aromatic N) is 1. The Morgan fingerprint density at radius 1 is 0.935 bits per heavy atom. The summed E-state index contributed by atoms with van der Waals surface area (Å²) in [5.41, 5.74) is 2.95. The standard InChI is InChI=1S/C23H27NO7/c1-27-19-10-15(11-20(28-2)21(19)29-3)24-13-14-8-6-7-9-16(14)18(24)12-17(22(25)30-4)23(26)31-5/h6-11,17-18H,12-13H2,1-5H3. The zero-order chi connectivity index (χ0) is 22.5. The summed E-state index contributed by atoms with van der Waals surface area (Å²) in [6.07, 6.45) is 0.201. The van der Waals surface area contributed by atoms with Gasteiger partial charge in [-0.3, -0.25) is 9.59 Å². The van der Waals surface area contributed by atoms with E-state index >= 15 is 0 Å². The number of hydrogen-bond acceptors (Lipinski definition) is 8. The van der Waals surface area contributed by atoms with Gasteiger partial charge in [-0.05, 0) is 17.5 Å². The minimum Gasteiger partial charge on any atom is -0.493 e. The van der Waals surface area contributed by atoms with Crippen LogP contribution >= 0.6 is 0 Å². The number of carbonyl (C=O) groups is 2. The molecule has 1 aliphatic rings. The highest BCUT2D eigenvalue weighted by molar-refractivity contribution is 5.95. The minimum absolute atomic E-state index is 0.201. The van der Waals surface area contributed by atoms with Crippen LogP contribution in [0.3, 0.4) is 0 Å². The minimum atomic E-state index is -1.05. The van der Waals surface area contributed by atoms with Crippen LogP contribution in [-0.2, 0) is 25.6 Å². The Morgan fingerprint density at radius 2 is 1.52 bits per heavy atom. The molecule has 0 aromatic heterocycles. The first kappa shape index (κ1) is 22.3. The Labute approximate surface area is 181 Å². The van der Waals surface area contributed by atoms with Crippen molar-refractivity contribution in [2.24, 2.45) is 5.92 Å². The van der Waals surface area contributed by atoms with Gasteiger partial charge in [-0.15, -0.1) is 0 Å². The fraction of sp³-hybridized carbons (Fsp3) is 0.391. The number of fused-ring (bicyclic) bond motifs is 1. The fourth-order valence-corrected chi connectivity index (χ4v) is 4.02. The number of hydrogen-bond donors (Lipinski definition) is 0. The van der Waals surface area contributed by atoms with Crippen LogP contribution in [0.25, 0.3) is 0 Å². The summed E-state index contributed by atoms with van der Waals surface area (Å²) in [6.45, 7) is 0.592. The van der Waals surface area contributed by atoms with Gasteiger partial charge in [-0.2, -0.15) is 0 Å². The van der Waals surface area contributed by atoms with Gasteiger partial charge in [0.05, 0.1) is 41.6 Å². The van der Waals surface area contributed by atoms with Gasteiger partial charge in [0.15, 0.2) is 17.4 Å². The highest BCUT2D eigenvalue weighted by atomic mass is 16.5. The molecule has 1 unspecified atom stereocenters. The van der Waals surface area contributed by atoms with E-state index in [2.05, 4.69) is 4.90 Å². The first-order valence-corrected chi connectivity index (χ1v) is 9.79. The molecule has 0 bridgehead atoms. The number of methoxy groups -OCH3 is 5. The summed E-state index contributed by atoms with van der Waals surface area (Å²) in [7, 11) is 7.19. The number of carbonyl (C=O) groups excluding carboxylic acids is 2. The average molecular weight is 429 g/mol. The van der Waals surface area contributed by atoms with Crippen LogP contribution in [0.4, 0.5) is 5.69 Å². The quantitative estimate of drug-likeness (QED) is 0.468. The molecule has 0 saturated heterocycles. The predicted octanol–water partition coefficient (Wildman–Crippen LogP) is 3.13. The third-order valence-electron chi connectivity index (χ3n) is 5.54. The Morgan fingerprint density at radius 3 is 2.03 bits per heavy atom. The maximum Gasteiger partial charge on any atom is 0.320 e. The van der Waals surface area contributed by atoms with E-state index in [0.29, 0.717) is 23.8 Å². The lowest BCUT2D eigenvalue weighted by Crippen LogP contribution is -2.32. The molecule has 1 aliphatic heterocycles. The SMILES string of the molecule is COC(=O)C(CC1c2ccccc2CN1c1cc(OC)c(OC)c(OC)c1)C(=O)OC. The number of esters is 2. The van der Waals surface area contributed by atoms with Gasteiger partial charge >= 0.3 is 11.9 Å². The number of rotatable bonds is 8. The Bertz CT molecular complexity index is 918. The Balaban J connectivity index is 2.07. The van der Waals surface area contributed by atoms with E-state index in [1.807, 2.05) is 36.4 Å². The summed E-state index contributed by atoms with van der Waals surface area (Å²) >= 11 is 0. The molecule has 1 heterocycles. The van der Waals surface area contributed by atoms with Crippen molar-refractivity contribution < 1.29 is 33.3 Å². The van der Waals surface area contributed by atoms with E-state index in [4.69, 9.17) is 23.7 Å². The van der Waals surface area contributed by atoms with Gasteiger partial charge in [0.1, 0.15) is 0 Å². The number of benzene rings is 2. The van der Waals surface area contributed by atoms with Crippen LogP contribution in [0.1, 0.15) is 23.6 Å². The molecule has 8 heteroatoms. The molecule has 2 aromatic carbocycles. The molecule has 0 saturated carbocycles. The van der Waals surface area contributed by atoms with E-state index in [1.165, 1.54) is 14.2 Å². The van der Waals surface area contributed by atoms with Crippen molar-refractivity contribution in [1.82, 2.24) is 0 Å². The van der Waals surface area contributed by atoms with Crippen molar-refractivity contribution >= 4 is 17.6 Å². The first-order chi connectivity index (χ1) is 15.0. The molecule has 0 N–H and O–H groups in total. The van der Waals surface area contributed by atoms with E-state index in [9.17, 15) is 9.59 Å². The molecule has 1 atom stereocenters. The molecule has 0 spiro atoms. The van der Waals surface area contributed by atoms with Gasteiger partial charge in [0.25, 0.3) is 0 Å². The third-order valence-corrected chi connectivity index (χ3v) is 5.54. The summed E-state index contributed by atoms with van der Waals surface area (Å²) < 4.78 is 26.2. The number of anilines is 1. The number of ether oxygens (including phenoxy) is 5. The molecule has 0 aliphatic carbocycles. The maximum absolute atomic E-state index is 12.3. The molecule has 3 rings (SSSR count). The van der Waals surface area contributed by atoms with Crippen LogP contribution in [0.5, 0.6) is 17.2 Å². The van der Waals surface area contributed by atoms with Gasteiger partial charge in [-0.25, -0.2) is 0 Å². The summed E-state index contributed by atoms with van der Waals surface area (Å²) in [6, 6.07) is 11.4. The molecular weight excluding hydrogens is 402 g/mol. The monoisotopic (exact) mass is 429 g/mol. The molecule has 0 radical (unpaired) electrons. The van der Waals surface area contributed by atoms with Crippen molar-refractivity contribution in [2.75, 3.05) is 40.4 Å². The van der Waals surface area contributed by atoms with Crippen LogP contribution in [-0.4, -0.2) is 47.5 Å². The lowest BCUT2D eigenvalue weighted by atomic mass is 9.94. The van der Waals surface area contributed by atoms with E-state index in [0.717, 1.165) is 16.8 Å². The first-order valence-electron chi connectivity index (χ1n) is 9.79. The van der Waals surface area contributed by atoms with Crippen LogP contribution in [0.15, 0.2) is 36.4 Å². The third kappa shape index (κ3) is 4.23. The molecule has 2 aromatic rings. The second kappa shape index (κ2) is 9.59. The lowest BCUT2D eigenvalue weighted by Gasteiger charge is -2.30. The fourth-order valence-electron chi connectivity index (χ4n) is 4.02. The summed E-state index contributed by atoms with van der Waals surface area (Å²) in [5, 5.41) is 0. The van der Waals surface area contributed by atoms with Crippen molar-refractivity contribution in [2.45, 2.75) is 19.0 Å². The summed E-state index contributed by atoms with van der Waals surface area (Å²) in [4.78, 5) is 26.8. The van der Waals surface area contributed by atoms with Gasteiger partial charge in [0.2, 0.25) is 5.75 Å². The zero-order valence-electron chi connectivity index (χ0n) is 18.3. The van der Waals surface area contributed by atoms with E-state index in [1.54, 1.807) is 21.3 Å². The second-order valence-corrected chi connectivity index (χ2v) is 7.06. The van der Waals surface area contributed by atoms with Gasteiger partial charge in [0, 0.05) is 24.4 Å². The largest absolute Gasteiger partial charge is 0.493 e. The van der Waals surface area contributed by atoms with Crippen LogP contribution in [0.2, 0.25) is 0 Å². The smallest absolute Gasteiger partial charge is 0.320 e. The molecule has 166 valence electrons. The Kier molecular flexibility index (Phi) is 6.89. The highest BCUT2D eigenvalue weighted by Crippen LogP contribution is 2.46. The topological polar surface area (TPSA) is 83.5 Å². The highest BCUT2D eigenvalue weighted by Gasteiger charge is 2.38. The average Bonchev–Trinajstić information content (AvgIpc) is 3.18. The normalized spacial score (nSPS) is 14.8. The maximum atomic E-state index is 12.3. The van der Waals surface area contributed by atoms with E-state index in [-0.39, 0.29) is 12.5 Å². The van der Waals surface area contributed by atoms with Crippen molar-refractivity contribution in [1.29, 1.82) is 0 Å². The molecule has 0 fully saturated rings. The van der Waals surface area contributed by atoms with Crippen molar-refractivity contribution in [3.8, 4) is 17.2 Å². The second-order valence-electron chi connectivity index (χ2n) is 7.06. The van der Waals surface area contributed by atoms with Crippen LogP contribution < -0.4 is 19.1 Å². The Hall–Kier alpha value is -3.42. The summed E-state index contributed by atoms with van der Waals surface area (Å²) in [5.74, 6) is -0.769. The predicted molar refractivity (Wildman–Crippen MR) is 114 cm³/mol. The van der Waals surface area contributed by atoms with Gasteiger partial charge in [-0.1, -0.05) is 24.3 Å². The zero-order valence-corrected chi connectivity index (χ0v) is 18.3. The molecule has 8 nitrogen and oxygen atoms in total. The molecule has 0 amide bonds. The van der Waals surface area contributed by atoms with Gasteiger partial charge < -0.3 is 28.6 Å². The lowest BCUT2D eigenvalue weighted by molar-refractivity contribution is -0.159. The van der Waals surface area contributed by atoms with Crippen molar-refractivity contribution in [3.05, 3.63) is 47.5 Å². The van der Waals surface area contributed by atoms with Crippen LogP contribution in [0, 0.1) is 5.92 Å². The molecule has 31 heavy (non-hydrogen) atoms. The van der Waals surface area contributed by atoms with E-state index < -0.39 is 17.9 Å². The molecular formula is C23H27NO7.